The first kappa shape index (κ1) is 19.2. The smallest absolute Gasteiger partial charge is 0.220 e. The van der Waals surface area contributed by atoms with Crippen molar-refractivity contribution in [2.24, 2.45) is 0 Å². The first-order valence-corrected chi connectivity index (χ1v) is 10.2. The SMILES string of the molecule is CCCNC(=O)CCCSc1nnc(-c2ccccc2)n1-c1ccccc1. The number of nitrogens with zero attached hydrogens (tertiary/aromatic N) is 3. The molecule has 0 aliphatic heterocycles. The number of benzene rings is 2. The Balaban J connectivity index is 1.74. The summed E-state index contributed by atoms with van der Waals surface area (Å²) < 4.78 is 2.08. The molecule has 0 aliphatic rings. The summed E-state index contributed by atoms with van der Waals surface area (Å²) in [6.07, 6.45) is 2.31. The lowest BCUT2D eigenvalue weighted by atomic mass is 10.2. The van der Waals surface area contributed by atoms with Crippen LogP contribution in [0.1, 0.15) is 26.2 Å². The van der Waals surface area contributed by atoms with E-state index < -0.39 is 0 Å². The zero-order valence-corrected chi connectivity index (χ0v) is 16.3. The van der Waals surface area contributed by atoms with Crippen LogP contribution in [0, 0.1) is 0 Å². The molecule has 3 rings (SSSR count). The Hall–Kier alpha value is -2.60. The molecule has 0 unspecified atom stereocenters. The number of thioether (sulfide) groups is 1. The molecule has 0 saturated heterocycles. The van der Waals surface area contributed by atoms with Crippen LogP contribution >= 0.6 is 11.8 Å². The number of hydrogen-bond acceptors (Lipinski definition) is 4. The fourth-order valence-corrected chi connectivity index (χ4v) is 3.59. The molecule has 0 saturated carbocycles. The van der Waals surface area contributed by atoms with Crippen LogP contribution in [-0.4, -0.2) is 33.0 Å². The van der Waals surface area contributed by atoms with E-state index in [-0.39, 0.29) is 5.91 Å². The van der Waals surface area contributed by atoms with Crippen LogP contribution in [0.5, 0.6) is 0 Å². The second-order valence-corrected chi connectivity index (χ2v) is 7.21. The van der Waals surface area contributed by atoms with Gasteiger partial charge in [0.1, 0.15) is 0 Å². The Bertz CT molecular complexity index is 849. The van der Waals surface area contributed by atoms with Gasteiger partial charge in [0.25, 0.3) is 0 Å². The Kier molecular flexibility index (Phi) is 7.04. The minimum absolute atomic E-state index is 0.118. The van der Waals surface area contributed by atoms with Crippen molar-refractivity contribution in [2.75, 3.05) is 12.3 Å². The van der Waals surface area contributed by atoms with Gasteiger partial charge in [0.05, 0.1) is 0 Å². The number of aromatic nitrogens is 3. The second kappa shape index (κ2) is 9.92. The monoisotopic (exact) mass is 380 g/mol. The minimum Gasteiger partial charge on any atom is -0.356 e. The molecule has 0 bridgehead atoms. The van der Waals surface area contributed by atoms with Gasteiger partial charge in [-0.15, -0.1) is 10.2 Å². The second-order valence-electron chi connectivity index (χ2n) is 6.15. The van der Waals surface area contributed by atoms with E-state index in [0.29, 0.717) is 6.42 Å². The predicted molar refractivity (Wildman–Crippen MR) is 110 cm³/mol. The van der Waals surface area contributed by atoms with E-state index in [9.17, 15) is 4.79 Å². The van der Waals surface area contributed by atoms with Gasteiger partial charge in [0, 0.05) is 30.0 Å². The van der Waals surface area contributed by atoms with Crippen molar-refractivity contribution in [3.63, 3.8) is 0 Å². The molecular formula is C21H24N4OS. The van der Waals surface area contributed by atoms with Crippen LogP contribution in [0.25, 0.3) is 17.1 Å². The maximum absolute atomic E-state index is 11.7. The van der Waals surface area contributed by atoms with Crippen molar-refractivity contribution in [2.45, 2.75) is 31.3 Å². The molecule has 1 amide bonds. The minimum atomic E-state index is 0.118. The average Bonchev–Trinajstić information content (AvgIpc) is 3.15. The van der Waals surface area contributed by atoms with E-state index in [0.717, 1.165) is 47.4 Å². The summed E-state index contributed by atoms with van der Waals surface area (Å²) >= 11 is 1.63. The molecule has 0 aliphatic carbocycles. The molecule has 140 valence electrons. The molecule has 3 aromatic rings. The standard InChI is InChI=1S/C21H24N4OS/c1-2-15-22-19(26)14-9-16-27-21-24-23-20(17-10-5-3-6-11-17)25(21)18-12-7-4-8-13-18/h3-8,10-13H,2,9,14-16H2,1H3,(H,22,26). The van der Waals surface area contributed by atoms with Crippen molar-refractivity contribution < 1.29 is 4.79 Å². The molecule has 1 heterocycles. The molecule has 1 N–H and O–H groups in total. The first-order chi connectivity index (χ1) is 13.3. The summed E-state index contributed by atoms with van der Waals surface area (Å²) in [6.45, 7) is 2.80. The van der Waals surface area contributed by atoms with E-state index in [2.05, 4.69) is 39.1 Å². The molecule has 0 fully saturated rings. The van der Waals surface area contributed by atoms with E-state index in [4.69, 9.17) is 0 Å². The normalized spacial score (nSPS) is 10.7. The van der Waals surface area contributed by atoms with Crippen LogP contribution in [0.4, 0.5) is 0 Å². The van der Waals surface area contributed by atoms with E-state index in [1.807, 2.05) is 48.5 Å². The third-order valence-electron chi connectivity index (χ3n) is 4.03. The maximum atomic E-state index is 11.7. The third kappa shape index (κ3) is 5.20. The lowest BCUT2D eigenvalue weighted by Crippen LogP contribution is -2.23. The van der Waals surface area contributed by atoms with Gasteiger partial charge in [-0.1, -0.05) is 67.2 Å². The number of rotatable bonds is 9. The number of carbonyl (C=O) groups is 1. The fourth-order valence-electron chi connectivity index (χ4n) is 2.70. The summed E-state index contributed by atoms with van der Waals surface area (Å²) in [5.41, 5.74) is 2.06. The molecule has 0 radical (unpaired) electrons. The Morgan fingerprint density at radius 3 is 2.44 bits per heavy atom. The average molecular weight is 381 g/mol. The molecule has 0 atom stereocenters. The van der Waals surface area contributed by atoms with Crippen molar-refractivity contribution >= 4 is 17.7 Å². The van der Waals surface area contributed by atoms with Crippen molar-refractivity contribution in [1.82, 2.24) is 20.1 Å². The number of para-hydroxylation sites is 1. The first-order valence-electron chi connectivity index (χ1n) is 9.25. The number of hydrogen-bond donors (Lipinski definition) is 1. The maximum Gasteiger partial charge on any atom is 0.220 e. The van der Waals surface area contributed by atoms with Crippen LogP contribution in [-0.2, 0) is 4.79 Å². The molecule has 1 aromatic heterocycles. The highest BCUT2D eigenvalue weighted by Crippen LogP contribution is 2.28. The van der Waals surface area contributed by atoms with E-state index in [1.165, 1.54) is 0 Å². The zero-order valence-electron chi connectivity index (χ0n) is 15.5. The van der Waals surface area contributed by atoms with Gasteiger partial charge < -0.3 is 5.32 Å². The summed E-state index contributed by atoms with van der Waals surface area (Å²) in [4.78, 5) is 11.7. The third-order valence-corrected chi connectivity index (χ3v) is 5.05. The highest BCUT2D eigenvalue weighted by atomic mass is 32.2. The molecular weight excluding hydrogens is 356 g/mol. The number of carbonyl (C=O) groups excluding carboxylic acids is 1. The van der Waals surface area contributed by atoms with E-state index >= 15 is 0 Å². The Morgan fingerprint density at radius 2 is 1.74 bits per heavy atom. The van der Waals surface area contributed by atoms with E-state index in [1.54, 1.807) is 11.8 Å². The van der Waals surface area contributed by atoms with Crippen molar-refractivity contribution in [3.8, 4) is 17.1 Å². The summed E-state index contributed by atoms with van der Waals surface area (Å²) in [5, 5.41) is 12.6. The Morgan fingerprint density at radius 1 is 1.04 bits per heavy atom. The number of nitrogens with one attached hydrogen (secondary N) is 1. The molecule has 0 spiro atoms. The van der Waals surface area contributed by atoms with Gasteiger partial charge >= 0.3 is 0 Å². The van der Waals surface area contributed by atoms with Crippen LogP contribution < -0.4 is 5.32 Å². The van der Waals surface area contributed by atoms with Crippen molar-refractivity contribution in [3.05, 3.63) is 60.7 Å². The van der Waals surface area contributed by atoms with Gasteiger partial charge in [0.15, 0.2) is 11.0 Å². The molecule has 6 heteroatoms. The lowest BCUT2D eigenvalue weighted by Gasteiger charge is -2.10. The summed E-state index contributed by atoms with van der Waals surface area (Å²) in [7, 11) is 0. The van der Waals surface area contributed by atoms with Gasteiger partial charge in [-0.2, -0.15) is 0 Å². The topological polar surface area (TPSA) is 59.8 Å². The molecule has 27 heavy (non-hydrogen) atoms. The molecule has 5 nitrogen and oxygen atoms in total. The van der Waals surface area contributed by atoms with Crippen LogP contribution in [0.3, 0.4) is 0 Å². The Labute approximate surface area is 164 Å². The quantitative estimate of drug-likeness (QED) is 0.443. The van der Waals surface area contributed by atoms with Crippen LogP contribution in [0.15, 0.2) is 65.8 Å². The van der Waals surface area contributed by atoms with Gasteiger partial charge in [0.2, 0.25) is 5.91 Å². The highest BCUT2D eigenvalue weighted by molar-refractivity contribution is 7.99. The predicted octanol–water partition coefficient (Wildman–Crippen LogP) is 4.33. The molecule has 2 aromatic carbocycles. The van der Waals surface area contributed by atoms with Gasteiger partial charge in [-0.25, -0.2) is 0 Å². The number of amides is 1. The largest absolute Gasteiger partial charge is 0.356 e. The van der Waals surface area contributed by atoms with Crippen molar-refractivity contribution in [1.29, 1.82) is 0 Å². The summed E-state index contributed by atoms with van der Waals surface area (Å²) in [5.74, 6) is 1.76. The highest BCUT2D eigenvalue weighted by Gasteiger charge is 2.15. The summed E-state index contributed by atoms with van der Waals surface area (Å²) in [6, 6.07) is 20.2. The lowest BCUT2D eigenvalue weighted by molar-refractivity contribution is -0.121. The fraction of sp³-hybridized carbons (Fsp3) is 0.286. The zero-order chi connectivity index (χ0) is 18.9. The van der Waals surface area contributed by atoms with Crippen LogP contribution in [0.2, 0.25) is 0 Å². The van der Waals surface area contributed by atoms with Gasteiger partial charge in [-0.05, 0) is 25.0 Å². The van der Waals surface area contributed by atoms with Gasteiger partial charge in [-0.3, -0.25) is 9.36 Å².